The van der Waals surface area contributed by atoms with E-state index in [9.17, 15) is 13.2 Å². The van der Waals surface area contributed by atoms with Crippen LogP contribution in [0.25, 0.3) is 0 Å². The number of nitrogen functional groups attached to an aromatic ring is 1. The molecule has 1 rings (SSSR count). The number of nitrogens with two attached hydrogens (primary N) is 1. The minimum Gasteiger partial charge on any atom is -0.399 e. The zero-order chi connectivity index (χ0) is 14.6. The molecular weight excluding hydrogens is 311 g/mol. The lowest BCUT2D eigenvalue weighted by Crippen LogP contribution is -2.26. The molecule has 0 unspecified atom stereocenters. The number of amides is 1. The summed E-state index contributed by atoms with van der Waals surface area (Å²) in [4.78, 5) is 11.8. The Hall–Kier alpha value is -0.980. The van der Waals surface area contributed by atoms with Gasteiger partial charge in [0.1, 0.15) is 9.84 Å². The lowest BCUT2D eigenvalue weighted by molar-refractivity contribution is 0.0954. The van der Waals surface area contributed by atoms with E-state index in [4.69, 9.17) is 28.9 Å². The van der Waals surface area contributed by atoms with Crippen LogP contribution in [0.5, 0.6) is 0 Å². The number of benzene rings is 1. The van der Waals surface area contributed by atoms with E-state index in [0.717, 1.165) is 6.26 Å². The van der Waals surface area contributed by atoms with Gasteiger partial charge in [0, 0.05) is 18.5 Å². The summed E-state index contributed by atoms with van der Waals surface area (Å²) in [5.74, 6) is -0.425. The van der Waals surface area contributed by atoms with E-state index in [0.29, 0.717) is 12.1 Å². The zero-order valence-electron chi connectivity index (χ0n) is 10.2. The molecule has 0 atom stereocenters. The van der Waals surface area contributed by atoms with Gasteiger partial charge in [0.15, 0.2) is 0 Å². The second-order valence-corrected chi connectivity index (χ2v) is 7.15. The molecule has 1 aromatic rings. The molecule has 19 heavy (non-hydrogen) atoms. The largest absolute Gasteiger partial charge is 0.399 e. The van der Waals surface area contributed by atoms with E-state index in [1.165, 1.54) is 12.1 Å². The minimum atomic E-state index is -3.03. The van der Waals surface area contributed by atoms with Crippen molar-refractivity contribution in [1.82, 2.24) is 5.32 Å². The van der Waals surface area contributed by atoms with Crippen LogP contribution in [0.2, 0.25) is 10.0 Å². The molecule has 1 amide bonds. The molecule has 0 aliphatic rings. The van der Waals surface area contributed by atoms with E-state index in [1.54, 1.807) is 0 Å². The molecular formula is C11H14Cl2N2O3S. The number of hydrogen-bond acceptors (Lipinski definition) is 4. The Kier molecular flexibility index (Phi) is 5.46. The Balaban J connectivity index is 2.64. The normalized spacial score (nSPS) is 11.3. The maximum Gasteiger partial charge on any atom is 0.252 e. The summed E-state index contributed by atoms with van der Waals surface area (Å²) in [7, 11) is -3.03. The SMILES string of the molecule is CS(=O)(=O)CCCNC(=O)c1cc(N)cc(Cl)c1Cl. The van der Waals surface area contributed by atoms with Crippen LogP contribution in [0.3, 0.4) is 0 Å². The van der Waals surface area contributed by atoms with E-state index >= 15 is 0 Å². The molecule has 0 saturated carbocycles. The molecule has 0 aliphatic carbocycles. The molecule has 0 aromatic heterocycles. The molecule has 8 heteroatoms. The number of hydrogen-bond donors (Lipinski definition) is 2. The van der Waals surface area contributed by atoms with Gasteiger partial charge in [-0.3, -0.25) is 4.79 Å². The third kappa shape index (κ3) is 5.26. The first-order valence-corrected chi connectivity index (χ1v) is 8.23. The fourth-order valence-corrected chi connectivity index (χ4v) is 2.50. The molecule has 106 valence electrons. The maximum atomic E-state index is 11.8. The zero-order valence-corrected chi connectivity index (χ0v) is 12.6. The third-order valence-corrected chi connectivity index (χ3v) is 4.10. The summed E-state index contributed by atoms with van der Waals surface area (Å²) in [6, 6.07) is 2.87. The second kappa shape index (κ2) is 6.45. The van der Waals surface area contributed by atoms with Gasteiger partial charge < -0.3 is 11.1 Å². The number of sulfone groups is 1. The molecule has 0 radical (unpaired) electrons. The number of anilines is 1. The fraction of sp³-hybridized carbons (Fsp3) is 0.364. The van der Waals surface area contributed by atoms with Crippen molar-refractivity contribution >= 4 is 44.6 Å². The highest BCUT2D eigenvalue weighted by molar-refractivity contribution is 7.90. The topological polar surface area (TPSA) is 89.3 Å². The standard InChI is InChI=1S/C11H14Cl2N2O3S/c1-19(17,18)4-2-3-15-11(16)8-5-7(14)6-9(12)10(8)13/h5-6H,2-4,14H2,1H3,(H,15,16). The van der Waals surface area contributed by atoms with Crippen LogP contribution in [0, 0.1) is 0 Å². The van der Waals surface area contributed by atoms with Crippen LogP contribution in [-0.2, 0) is 9.84 Å². The summed E-state index contributed by atoms with van der Waals surface area (Å²) >= 11 is 11.7. The lowest BCUT2D eigenvalue weighted by Gasteiger charge is -2.08. The number of nitrogens with one attached hydrogen (secondary N) is 1. The summed E-state index contributed by atoms with van der Waals surface area (Å²) in [6.07, 6.45) is 1.47. The van der Waals surface area contributed by atoms with E-state index in [1.807, 2.05) is 0 Å². The predicted octanol–water partition coefficient (Wildman–Crippen LogP) is 1.74. The molecule has 0 bridgehead atoms. The summed E-state index contributed by atoms with van der Waals surface area (Å²) in [6.45, 7) is 0.231. The van der Waals surface area contributed by atoms with Crippen molar-refractivity contribution in [3.63, 3.8) is 0 Å². The monoisotopic (exact) mass is 324 g/mol. The predicted molar refractivity (Wildman–Crippen MR) is 77.5 cm³/mol. The van der Waals surface area contributed by atoms with Gasteiger partial charge in [0.05, 0.1) is 21.4 Å². The molecule has 0 heterocycles. The van der Waals surface area contributed by atoms with Crippen LogP contribution in [0.4, 0.5) is 5.69 Å². The van der Waals surface area contributed by atoms with Gasteiger partial charge in [-0.25, -0.2) is 8.42 Å². The molecule has 5 nitrogen and oxygen atoms in total. The smallest absolute Gasteiger partial charge is 0.252 e. The van der Waals surface area contributed by atoms with Gasteiger partial charge in [-0.1, -0.05) is 23.2 Å². The number of halogens is 2. The highest BCUT2D eigenvalue weighted by Gasteiger charge is 2.14. The quantitative estimate of drug-likeness (QED) is 0.637. The molecule has 1 aromatic carbocycles. The van der Waals surface area contributed by atoms with Crippen molar-refractivity contribution in [1.29, 1.82) is 0 Å². The first kappa shape index (κ1) is 16.1. The van der Waals surface area contributed by atoms with Crippen molar-refractivity contribution < 1.29 is 13.2 Å². The van der Waals surface area contributed by atoms with Crippen LogP contribution >= 0.6 is 23.2 Å². The number of carbonyl (C=O) groups is 1. The summed E-state index contributed by atoms with van der Waals surface area (Å²) in [5, 5.41) is 2.88. The highest BCUT2D eigenvalue weighted by atomic mass is 35.5. The van der Waals surface area contributed by atoms with Crippen molar-refractivity contribution in [3.8, 4) is 0 Å². The number of carbonyl (C=O) groups excluding carboxylic acids is 1. The summed E-state index contributed by atoms with van der Waals surface area (Å²) in [5.41, 5.74) is 6.08. The van der Waals surface area contributed by atoms with Crippen LogP contribution in [0.1, 0.15) is 16.8 Å². The van der Waals surface area contributed by atoms with Crippen molar-refractivity contribution in [2.24, 2.45) is 0 Å². The Morgan fingerprint density at radius 2 is 2.00 bits per heavy atom. The van der Waals surface area contributed by atoms with E-state index in [2.05, 4.69) is 5.32 Å². The van der Waals surface area contributed by atoms with E-state index in [-0.39, 0.29) is 27.9 Å². The van der Waals surface area contributed by atoms with Gasteiger partial charge >= 0.3 is 0 Å². The molecule has 3 N–H and O–H groups in total. The van der Waals surface area contributed by atoms with Crippen molar-refractivity contribution in [3.05, 3.63) is 27.7 Å². The average Bonchev–Trinajstić information content (AvgIpc) is 2.27. The summed E-state index contributed by atoms with van der Waals surface area (Å²) < 4.78 is 21.8. The highest BCUT2D eigenvalue weighted by Crippen LogP contribution is 2.28. The Bertz CT molecular complexity index is 588. The van der Waals surface area contributed by atoms with Gasteiger partial charge in [0.25, 0.3) is 5.91 Å². The first-order valence-electron chi connectivity index (χ1n) is 5.41. The Morgan fingerprint density at radius 3 is 2.58 bits per heavy atom. The van der Waals surface area contributed by atoms with Crippen LogP contribution in [-0.4, -0.2) is 32.9 Å². The third-order valence-electron chi connectivity index (χ3n) is 2.27. The fourth-order valence-electron chi connectivity index (χ4n) is 1.41. The Morgan fingerprint density at radius 1 is 1.37 bits per heavy atom. The van der Waals surface area contributed by atoms with Gasteiger partial charge in [0.2, 0.25) is 0 Å². The minimum absolute atomic E-state index is 0.0126. The van der Waals surface area contributed by atoms with Gasteiger partial charge in [-0.15, -0.1) is 0 Å². The van der Waals surface area contributed by atoms with E-state index < -0.39 is 15.7 Å². The van der Waals surface area contributed by atoms with Crippen molar-refractivity contribution in [2.45, 2.75) is 6.42 Å². The average molecular weight is 325 g/mol. The maximum absolute atomic E-state index is 11.8. The van der Waals surface area contributed by atoms with Gasteiger partial charge in [-0.2, -0.15) is 0 Å². The molecule has 0 saturated heterocycles. The molecule has 0 fully saturated rings. The molecule has 0 aliphatic heterocycles. The van der Waals surface area contributed by atoms with Gasteiger partial charge in [-0.05, 0) is 18.6 Å². The van der Waals surface area contributed by atoms with Crippen LogP contribution < -0.4 is 11.1 Å². The number of rotatable bonds is 5. The molecule has 0 spiro atoms. The van der Waals surface area contributed by atoms with Crippen LogP contribution in [0.15, 0.2) is 12.1 Å². The lowest BCUT2D eigenvalue weighted by atomic mass is 10.2. The second-order valence-electron chi connectivity index (χ2n) is 4.10. The van der Waals surface area contributed by atoms with Crippen molar-refractivity contribution in [2.75, 3.05) is 24.3 Å². The Labute approximate surface area is 122 Å². The first-order chi connectivity index (χ1) is 8.70.